The molecule has 2 rings (SSSR count). The minimum absolute atomic E-state index is 0.311. The molecule has 0 aliphatic rings. The number of nitrogens with one attached hydrogen (secondary N) is 1. The second kappa shape index (κ2) is 5.72. The largest absolute Gasteiger partial charge is 0.368 e. The summed E-state index contributed by atoms with van der Waals surface area (Å²) in [6, 6.07) is 7.26. The fourth-order valence-electron chi connectivity index (χ4n) is 1.54. The van der Waals surface area contributed by atoms with Crippen molar-refractivity contribution in [2.45, 2.75) is 10.9 Å². The van der Waals surface area contributed by atoms with Gasteiger partial charge >= 0.3 is 0 Å². The molecule has 1 amide bonds. The molecule has 0 bridgehead atoms. The van der Waals surface area contributed by atoms with Crippen LogP contribution >= 0.6 is 11.8 Å². The van der Waals surface area contributed by atoms with Gasteiger partial charge in [-0.15, -0.1) is 10.2 Å². The molecule has 1 aromatic heterocycles. The Labute approximate surface area is 114 Å². The third-order valence-electron chi connectivity index (χ3n) is 2.62. The van der Waals surface area contributed by atoms with E-state index in [2.05, 4.69) is 15.6 Å². The molecule has 0 fully saturated rings. The van der Waals surface area contributed by atoms with Crippen LogP contribution in [0.3, 0.4) is 0 Å². The van der Waals surface area contributed by atoms with Crippen molar-refractivity contribution in [1.29, 1.82) is 0 Å². The van der Waals surface area contributed by atoms with Gasteiger partial charge in [-0.1, -0.05) is 30.0 Å². The number of aromatic nitrogens is 3. The molecular formula is C11H14N6OS. The average Bonchev–Trinajstić information content (AvgIpc) is 2.76. The van der Waals surface area contributed by atoms with Crippen molar-refractivity contribution in [3.63, 3.8) is 0 Å². The highest BCUT2D eigenvalue weighted by Gasteiger charge is 2.12. The molecule has 0 unspecified atom stereocenters. The van der Waals surface area contributed by atoms with E-state index < -0.39 is 0 Å². The maximum atomic E-state index is 11.6. The van der Waals surface area contributed by atoms with Crippen LogP contribution in [0.2, 0.25) is 0 Å². The first-order chi connectivity index (χ1) is 9.13. The van der Waals surface area contributed by atoms with E-state index in [1.165, 1.54) is 11.8 Å². The van der Waals surface area contributed by atoms with E-state index in [0.717, 1.165) is 5.56 Å². The number of benzene rings is 1. The summed E-state index contributed by atoms with van der Waals surface area (Å²) in [6.07, 6.45) is 0. The fraction of sp³-hybridized carbons (Fsp3) is 0.182. The Kier molecular flexibility index (Phi) is 4.03. The Hall–Kier alpha value is -2.06. The highest BCUT2D eigenvalue weighted by Crippen LogP contribution is 2.23. The maximum absolute atomic E-state index is 11.6. The number of nitrogens with zero attached hydrogens (tertiary/aromatic N) is 3. The second-order valence-corrected chi connectivity index (χ2v) is 4.76. The molecule has 100 valence electrons. The van der Waals surface area contributed by atoms with Crippen LogP contribution in [0.5, 0.6) is 0 Å². The van der Waals surface area contributed by atoms with Gasteiger partial charge in [-0.2, -0.15) is 0 Å². The van der Waals surface area contributed by atoms with Gasteiger partial charge in [-0.3, -0.25) is 14.8 Å². The number of rotatable bonds is 4. The number of nitrogen functional groups attached to an aromatic ring is 2. The summed E-state index contributed by atoms with van der Waals surface area (Å²) in [5.74, 6) is 5.78. The molecule has 1 heterocycles. The number of nitrogens with two attached hydrogens (primary N) is 2. The lowest BCUT2D eigenvalue weighted by molar-refractivity contribution is 0.0953. The topological polar surface area (TPSA) is 112 Å². The minimum Gasteiger partial charge on any atom is -0.368 e. The van der Waals surface area contributed by atoms with Crippen molar-refractivity contribution in [3.8, 4) is 0 Å². The Morgan fingerprint density at radius 1 is 1.42 bits per heavy atom. The summed E-state index contributed by atoms with van der Waals surface area (Å²) in [4.78, 5) is 11.6. The van der Waals surface area contributed by atoms with E-state index in [9.17, 15) is 4.79 Å². The Morgan fingerprint density at radius 3 is 2.79 bits per heavy atom. The number of anilines is 1. The van der Waals surface area contributed by atoms with Crippen LogP contribution in [-0.4, -0.2) is 20.7 Å². The van der Waals surface area contributed by atoms with Gasteiger partial charge in [0.25, 0.3) is 5.91 Å². The molecule has 5 N–H and O–H groups in total. The molecule has 0 saturated heterocycles. The average molecular weight is 278 g/mol. The molecule has 0 aliphatic heterocycles. The SMILES string of the molecule is Cn1c(N)nnc1SCc1ccccc1C(=O)NN. The number of hydrogen-bond donors (Lipinski definition) is 3. The van der Waals surface area contributed by atoms with E-state index in [1.807, 2.05) is 12.1 Å². The zero-order valence-corrected chi connectivity index (χ0v) is 11.1. The zero-order chi connectivity index (χ0) is 13.8. The highest BCUT2D eigenvalue weighted by molar-refractivity contribution is 7.98. The van der Waals surface area contributed by atoms with Gasteiger partial charge < -0.3 is 5.73 Å². The van der Waals surface area contributed by atoms with E-state index in [1.54, 1.807) is 23.7 Å². The van der Waals surface area contributed by atoms with Crippen molar-refractivity contribution >= 4 is 23.6 Å². The molecule has 0 saturated carbocycles. The van der Waals surface area contributed by atoms with Crippen LogP contribution < -0.4 is 17.0 Å². The van der Waals surface area contributed by atoms with Gasteiger partial charge in [0.2, 0.25) is 5.95 Å². The van der Waals surface area contributed by atoms with Gasteiger partial charge in [0.15, 0.2) is 5.16 Å². The number of carbonyl (C=O) groups is 1. The minimum atomic E-state index is -0.311. The molecular weight excluding hydrogens is 264 g/mol. The molecule has 0 spiro atoms. The first-order valence-corrected chi connectivity index (χ1v) is 6.48. The van der Waals surface area contributed by atoms with Crippen molar-refractivity contribution in [3.05, 3.63) is 35.4 Å². The molecule has 7 nitrogen and oxygen atoms in total. The fourth-order valence-corrected chi connectivity index (χ4v) is 2.46. The lowest BCUT2D eigenvalue weighted by Gasteiger charge is -2.07. The number of carbonyl (C=O) groups excluding carboxylic acids is 1. The second-order valence-electron chi connectivity index (χ2n) is 3.82. The first-order valence-electron chi connectivity index (χ1n) is 5.50. The van der Waals surface area contributed by atoms with Gasteiger partial charge in [0.05, 0.1) is 0 Å². The Bertz CT molecular complexity index is 597. The van der Waals surface area contributed by atoms with Crippen molar-refractivity contribution in [2.75, 3.05) is 5.73 Å². The molecule has 1 aromatic carbocycles. The molecule has 8 heteroatoms. The Balaban J connectivity index is 2.16. The summed E-state index contributed by atoms with van der Waals surface area (Å²) in [7, 11) is 1.79. The standard InChI is InChI=1S/C11H14N6OS/c1-17-10(12)15-16-11(17)19-6-7-4-2-3-5-8(7)9(18)14-13/h2-5H,6,13H2,1H3,(H2,12,15)(H,14,18). The predicted molar refractivity (Wildman–Crippen MR) is 73.1 cm³/mol. The quantitative estimate of drug-likeness (QED) is 0.321. The highest BCUT2D eigenvalue weighted by atomic mass is 32.2. The van der Waals surface area contributed by atoms with Crippen LogP contribution in [0.15, 0.2) is 29.4 Å². The number of thioether (sulfide) groups is 1. The number of hydrogen-bond acceptors (Lipinski definition) is 6. The third-order valence-corrected chi connectivity index (χ3v) is 3.69. The van der Waals surface area contributed by atoms with Crippen LogP contribution in [0.1, 0.15) is 15.9 Å². The maximum Gasteiger partial charge on any atom is 0.265 e. The van der Waals surface area contributed by atoms with Crippen molar-refractivity contribution in [2.24, 2.45) is 12.9 Å². The van der Waals surface area contributed by atoms with Gasteiger partial charge in [0.1, 0.15) is 0 Å². The van der Waals surface area contributed by atoms with E-state index in [4.69, 9.17) is 11.6 Å². The van der Waals surface area contributed by atoms with Crippen LogP contribution in [-0.2, 0) is 12.8 Å². The lowest BCUT2D eigenvalue weighted by Crippen LogP contribution is -2.30. The summed E-state index contributed by atoms with van der Waals surface area (Å²) in [5, 5.41) is 8.42. The molecule has 19 heavy (non-hydrogen) atoms. The monoisotopic (exact) mass is 278 g/mol. The molecule has 0 aliphatic carbocycles. The van der Waals surface area contributed by atoms with Crippen LogP contribution in [0.25, 0.3) is 0 Å². The summed E-state index contributed by atoms with van der Waals surface area (Å²) in [6.45, 7) is 0. The third kappa shape index (κ3) is 2.85. The summed E-state index contributed by atoms with van der Waals surface area (Å²) >= 11 is 1.45. The van der Waals surface area contributed by atoms with E-state index >= 15 is 0 Å². The number of amides is 1. The van der Waals surface area contributed by atoms with Gasteiger partial charge in [-0.05, 0) is 11.6 Å². The van der Waals surface area contributed by atoms with Crippen molar-refractivity contribution < 1.29 is 4.79 Å². The smallest absolute Gasteiger partial charge is 0.265 e. The van der Waals surface area contributed by atoms with Crippen LogP contribution in [0.4, 0.5) is 5.95 Å². The number of hydrazine groups is 1. The summed E-state index contributed by atoms with van der Waals surface area (Å²) in [5.41, 5.74) is 9.16. The normalized spacial score (nSPS) is 10.4. The van der Waals surface area contributed by atoms with Gasteiger partial charge in [-0.25, -0.2) is 5.84 Å². The van der Waals surface area contributed by atoms with E-state index in [0.29, 0.717) is 22.4 Å². The van der Waals surface area contributed by atoms with Crippen molar-refractivity contribution in [1.82, 2.24) is 20.2 Å². The molecule has 2 aromatic rings. The van der Waals surface area contributed by atoms with Crippen LogP contribution in [0, 0.1) is 0 Å². The van der Waals surface area contributed by atoms with Gasteiger partial charge in [0, 0.05) is 18.4 Å². The first kappa shape index (κ1) is 13.4. The van der Waals surface area contributed by atoms with E-state index in [-0.39, 0.29) is 5.91 Å². The zero-order valence-electron chi connectivity index (χ0n) is 10.3. The Morgan fingerprint density at radius 2 is 2.16 bits per heavy atom. The predicted octanol–water partition coefficient (Wildman–Crippen LogP) is 0.293. The molecule has 0 atom stereocenters. The lowest BCUT2D eigenvalue weighted by atomic mass is 10.1. The molecule has 0 radical (unpaired) electrons. The summed E-state index contributed by atoms with van der Waals surface area (Å²) < 4.78 is 1.69.